The largest absolute Gasteiger partial charge is 0.349 e. The number of hydrogen-bond acceptors (Lipinski definition) is 3. The first kappa shape index (κ1) is 16.5. The van der Waals surface area contributed by atoms with Gasteiger partial charge in [-0.3, -0.25) is 9.59 Å². The van der Waals surface area contributed by atoms with Gasteiger partial charge < -0.3 is 16.0 Å². The molecule has 0 atom stereocenters. The summed E-state index contributed by atoms with van der Waals surface area (Å²) in [7, 11) is 0. The minimum atomic E-state index is -0.105. The van der Waals surface area contributed by atoms with Crippen LogP contribution in [0.15, 0.2) is 24.3 Å². The van der Waals surface area contributed by atoms with E-state index in [0.29, 0.717) is 11.3 Å². The van der Waals surface area contributed by atoms with Crippen LogP contribution < -0.4 is 16.0 Å². The maximum absolute atomic E-state index is 12.3. The molecule has 1 aliphatic carbocycles. The molecule has 0 bridgehead atoms. The van der Waals surface area contributed by atoms with Crippen molar-refractivity contribution in [3.05, 3.63) is 29.8 Å². The fourth-order valence-corrected chi connectivity index (χ4v) is 2.70. The molecule has 5 heteroatoms. The van der Waals surface area contributed by atoms with Crippen LogP contribution in [0.5, 0.6) is 0 Å². The Morgan fingerprint density at radius 3 is 2.68 bits per heavy atom. The van der Waals surface area contributed by atoms with Gasteiger partial charge in [-0.1, -0.05) is 32.3 Å². The highest BCUT2D eigenvalue weighted by atomic mass is 16.2. The predicted molar refractivity (Wildman–Crippen MR) is 88.0 cm³/mol. The lowest BCUT2D eigenvalue weighted by molar-refractivity contribution is -0.115. The molecule has 1 aromatic rings. The average molecular weight is 303 g/mol. The first-order chi connectivity index (χ1) is 10.7. The number of likely N-dealkylation sites (N-methyl/N-ethyl adjacent to an activating group) is 1. The van der Waals surface area contributed by atoms with Crippen molar-refractivity contribution < 1.29 is 9.59 Å². The number of amides is 2. The summed E-state index contributed by atoms with van der Waals surface area (Å²) in [6.45, 7) is 2.97. The number of rotatable bonds is 6. The molecule has 0 unspecified atom stereocenters. The van der Waals surface area contributed by atoms with E-state index in [4.69, 9.17) is 0 Å². The molecule has 0 radical (unpaired) electrons. The normalized spacial score (nSPS) is 15.3. The van der Waals surface area contributed by atoms with Gasteiger partial charge in [-0.2, -0.15) is 0 Å². The predicted octanol–water partition coefficient (Wildman–Crippen LogP) is 2.30. The Kier molecular flexibility index (Phi) is 6.40. The van der Waals surface area contributed by atoms with Crippen LogP contribution in [-0.2, 0) is 4.79 Å². The van der Waals surface area contributed by atoms with E-state index in [2.05, 4.69) is 16.0 Å². The first-order valence-electron chi connectivity index (χ1n) is 8.10. The summed E-state index contributed by atoms with van der Waals surface area (Å²) >= 11 is 0. The number of carbonyl (C=O) groups is 2. The second kappa shape index (κ2) is 8.54. The SMILES string of the molecule is CCNCC(=O)Nc1cccc(C(=O)NC2CCCCC2)c1. The summed E-state index contributed by atoms with van der Waals surface area (Å²) in [5.41, 5.74) is 1.24. The van der Waals surface area contributed by atoms with Gasteiger partial charge in [0.1, 0.15) is 0 Å². The molecule has 1 aliphatic rings. The second-order valence-electron chi connectivity index (χ2n) is 5.72. The molecule has 0 aromatic heterocycles. The summed E-state index contributed by atoms with van der Waals surface area (Å²) in [5.74, 6) is -0.165. The van der Waals surface area contributed by atoms with Crippen molar-refractivity contribution >= 4 is 17.5 Å². The molecule has 0 heterocycles. The Morgan fingerprint density at radius 2 is 1.95 bits per heavy atom. The minimum Gasteiger partial charge on any atom is -0.349 e. The van der Waals surface area contributed by atoms with Crippen LogP contribution in [0.25, 0.3) is 0 Å². The van der Waals surface area contributed by atoms with Crippen molar-refractivity contribution in [1.29, 1.82) is 0 Å². The van der Waals surface area contributed by atoms with Crippen LogP contribution in [0, 0.1) is 0 Å². The van der Waals surface area contributed by atoms with Crippen molar-refractivity contribution in [3.8, 4) is 0 Å². The quantitative estimate of drug-likeness (QED) is 0.755. The van der Waals surface area contributed by atoms with E-state index in [1.807, 2.05) is 6.92 Å². The molecule has 1 saturated carbocycles. The van der Waals surface area contributed by atoms with Gasteiger partial charge >= 0.3 is 0 Å². The smallest absolute Gasteiger partial charge is 0.251 e. The Hall–Kier alpha value is -1.88. The molecule has 0 aliphatic heterocycles. The third-order valence-electron chi connectivity index (χ3n) is 3.88. The monoisotopic (exact) mass is 303 g/mol. The Balaban J connectivity index is 1.92. The fourth-order valence-electron chi connectivity index (χ4n) is 2.70. The fraction of sp³-hybridized carbons (Fsp3) is 0.529. The van der Waals surface area contributed by atoms with Crippen molar-refractivity contribution in [1.82, 2.24) is 10.6 Å². The topological polar surface area (TPSA) is 70.2 Å². The molecule has 2 amide bonds. The number of benzene rings is 1. The van der Waals surface area contributed by atoms with Crippen LogP contribution >= 0.6 is 0 Å². The maximum atomic E-state index is 12.3. The van der Waals surface area contributed by atoms with E-state index in [0.717, 1.165) is 19.4 Å². The summed E-state index contributed by atoms with van der Waals surface area (Å²) in [6, 6.07) is 7.37. The van der Waals surface area contributed by atoms with Gasteiger partial charge in [-0.25, -0.2) is 0 Å². The molecule has 5 nitrogen and oxygen atoms in total. The van der Waals surface area contributed by atoms with E-state index < -0.39 is 0 Å². The minimum absolute atomic E-state index is 0.0605. The molecule has 120 valence electrons. The molecule has 2 rings (SSSR count). The van der Waals surface area contributed by atoms with Gasteiger partial charge in [0.25, 0.3) is 5.91 Å². The lowest BCUT2D eigenvalue weighted by Gasteiger charge is -2.22. The second-order valence-corrected chi connectivity index (χ2v) is 5.72. The molecular formula is C17H25N3O2. The van der Waals surface area contributed by atoms with E-state index in [1.165, 1.54) is 19.3 Å². The third kappa shape index (κ3) is 5.15. The number of nitrogens with one attached hydrogen (secondary N) is 3. The van der Waals surface area contributed by atoms with Gasteiger partial charge in [-0.05, 0) is 37.6 Å². The molecule has 3 N–H and O–H groups in total. The van der Waals surface area contributed by atoms with Crippen molar-refractivity contribution in [2.24, 2.45) is 0 Å². The lowest BCUT2D eigenvalue weighted by atomic mass is 9.95. The third-order valence-corrected chi connectivity index (χ3v) is 3.88. The van der Waals surface area contributed by atoms with Crippen molar-refractivity contribution in [2.45, 2.75) is 45.1 Å². The zero-order chi connectivity index (χ0) is 15.8. The highest BCUT2D eigenvalue weighted by molar-refractivity contribution is 5.97. The Labute approximate surface area is 131 Å². The Morgan fingerprint density at radius 1 is 1.18 bits per heavy atom. The molecule has 22 heavy (non-hydrogen) atoms. The summed E-state index contributed by atoms with van der Waals surface area (Å²) in [5, 5.41) is 8.85. The van der Waals surface area contributed by atoms with Crippen LogP contribution in [0.1, 0.15) is 49.4 Å². The van der Waals surface area contributed by atoms with Gasteiger partial charge in [0, 0.05) is 17.3 Å². The first-order valence-corrected chi connectivity index (χ1v) is 8.10. The van der Waals surface area contributed by atoms with Crippen molar-refractivity contribution in [3.63, 3.8) is 0 Å². The zero-order valence-electron chi connectivity index (χ0n) is 13.2. The van der Waals surface area contributed by atoms with Crippen LogP contribution in [-0.4, -0.2) is 30.9 Å². The number of anilines is 1. The summed E-state index contributed by atoms with van der Waals surface area (Å²) < 4.78 is 0. The lowest BCUT2D eigenvalue weighted by Crippen LogP contribution is -2.36. The van der Waals surface area contributed by atoms with E-state index in [9.17, 15) is 9.59 Å². The standard InChI is InChI=1S/C17H25N3O2/c1-2-18-12-16(21)19-15-10-6-7-13(11-15)17(22)20-14-8-4-3-5-9-14/h6-7,10-11,14,18H,2-5,8-9,12H2,1H3,(H,19,21)(H,20,22). The molecule has 1 aromatic carbocycles. The maximum Gasteiger partial charge on any atom is 0.251 e. The summed E-state index contributed by atoms with van der Waals surface area (Å²) in [6.07, 6.45) is 5.76. The highest BCUT2D eigenvalue weighted by Crippen LogP contribution is 2.18. The molecule has 0 spiro atoms. The van der Waals surface area contributed by atoms with Gasteiger partial charge in [0.15, 0.2) is 0 Å². The highest BCUT2D eigenvalue weighted by Gasteiger charge is 2.16. The van der Waals surface area contributed by atoms with Crippen LogP contribution in [0.4, 0.5) is 5.69 Å². The van der Waals surface area contributed by atoms with Gasteiger partial charge in [0.05, 0.1) is 6.54 Å². The van der Waals surface area contributed by atoms with E-state index in [1.54, 1.807) is 24.3 Å². The average Bonchev–Trinajstić information content (AvgIpc) is 2.54. The molecular weight excluding hydrogens is 278 g/mol. The van der Waals surface area contributed by atoms with Crippen molar-refractivity contribution in [2.75, 3.05) is 18.4 Å². The Bertz CT molecular complexity index is 510. The number of hydrogen-bond donors (Lipinski definition) is 3. The summed E-state index contributed by atoms with van der Waals surface area (Å²) in [4.78, 5) is 24.0. The molecule has 0 saturated heterocycles. The van der Waals surface area contributed by atoms with E-state index >= 15 is 0 Å². The zero-order valence-corrected chi connectivity index (χ0v) is 13.2. The van der Waals surface area contributed by atoms with E-state index in [-0.39, 0.29) is 24.4 Å². The van der Waals surface area contributed by atoms with Gasteiger partial charge in [-0.15, -0.1) is 0 Å². The number of carbonyl (C=O) groups excluding carboxylic acids is 2. The van der Waals surface area contributed by atoms with Gasteiger partial charge in [0.2, 0.25) is 5.91 Å². The van der Waals surface area contributed by atoms with Crippen LogP contribution in [0.3, 0.4) is 0 Å². The molecule has 1 fully saturated rings. The van der Waals surface area contributed by atoms with Crippen LogP contribution in [0.2, 0.25) is 0 Å².